The number of hydrogen-bond acceptors (Lipinski definition) is 6. The van der Waals surface area contributed by atoms with Crippen LogP contribution < -0.4 is 5.73 Å². The lowest BCUT2D eigenvalue weighted by atomic mass is 9.83. The van der Waals surface area contributed by atoms with Gasteiger partial charge in [0.25, 0.3) is 0 Å². The van der Waals surface area contributed by atoms with Crippen molar-refractivity contribution in [2.24, 2.45) is 10.7 Å². The lowest BCUT2D eigenvalue weighted by Gasteiger charge is -2.27. The fourth-order valence-electron chi connectivity index (χ4n) is 4.07. The van der Waals surface area contributed by atoms with Crippen LogP contribution in [-0.4, -0.2) is 48.7 Å². The molecule has 0 bridgehead atoms. The smallest absolute Gasteiger partial charge is 0.220 e. The zero-order valence-electron chi connectivity index (χ0n) is 17.9. The highest BCUT2D eigenvalue weighted by Crippen LogP contribution is 2.41. The third kappa shape index (κ3) is 3.54. The van der Waals surface area contributed by atoms with Gasteiger partial charge in [0, 0.05) is 48.9 Å². The maximum absolute atomic E-state index is 14.7. The van der Waals surface area contributed by atoms with Crippen LogP contribution in [0.4, 0.5) is 8.78 Å². The van der Waals surface area contributed by atoms with E-state index in [4.69, 9.17) is 5.73 Å². The second-order valence-corrected chi connectivity index (χ2v) is 9.81. The minimum Gasteiger partial charge on any atom is -0.370 e. The Balaban J connectivity index is 1.97. The molecule has 1 unspecified atom stereocenters. The van der Waals surface area contributed by atoms with Crippen LogP contribution in [0.1, 0.15) is 18.1 Å². The van der Waals surface area contributed by atoms with E-state index in [1.807, 2.05) is 6.92 Å². The first-order valence-electron chi connectivity index (χ1n) is 9.95. The molecule has 7 nitrogen and oxygen atoms in total. The Kier molecular flexibility index (Phi) is 5.28. The van der Waals surface area contributed by atoms with Crippen molar-refractivity contribution in [2.45, 2.75) is 24.0 Å². The van der Waals surface area contributed by atoms with Gasteiger partial charge in [0.1, 0.15) is 16.4 Å². The van der Waals surface area contributed by atoms with Gasteiger partial charge in [-0.3, -0.25) is 0 Å². The van der Waals surface area contributed by atoms with Crippen molar-refractivity contribution in [1.29, 1.82) is 0 Å². The van der Waals surface area contributed by atoms with Gasteiger partial charge in [0.15, 0.2) is 15.8 Å². The van der Waals surface area contributed by atoms with Crippen LogP contribution in [0.25, 0.3) is 11.1 Å². The number of benzene rings is 1. The predicted octanol–water partition coefficient (Wildman–Crippen LogP) is 2.76. The second kappa shape index (κ2) is 7.70. The minimum atomic E-state index is -3.50. The largest absolute Gasteiger partial charge is 0.370 e. The first kappa shape index (κ1) is 21.9. The number of aromatic nitrogens is 2. The average Bonchev–Trinajstić information content (AvgIpc) is 3.31. The molecule has 0 amide bonds. The first-order chi connectivity index (χ1) is 15.1. The molecule has 0 spiro atoms. The average molecular weight is 460 g/mol. The molecule has 3 heterocycles. The molecule has 1 atom stereocenters. The van der Waals surface area contributed by atoms with E-state index in [1.165, 1.54) is 30.5 Å². The molecule has 0 aliphatic carbocycles. The van der Waals surface area contributed by atoms with E-state index >= 15 is 0 Å². The first-order valence-corrected chi connectivity index (χ1v) is 11.8. The standard InChI is InChI=1S/C22H23F2N5O2S/c1-4-29-12-15(11-19(29)32(3,30)31)22(13-28(2)21(25)27-22)14-7-8-18(23)17(10-14)16-6-5-9-26-20(16)24/h5-12H,4,13H2,1-3H3,(H2,25,27). The topological polar surface area (TPSA) is 93.6 Å². The van der Waals surface area contributed by atoms with Gasteiger partial charge in [-0.05, 0) is 42.8 Å². The molecular formula is C22H23F2N5O2S. The summed E-state index contributed by atoms with van der Waals surface area (Å²) in [6.07, 6.45) is 4.16. The van der Waals surface area contributed by atoms with Crippen molar-refractivity contribution in [3.63, 3.8) is 0 Å². The minimum absolute atomic E-state index is 0.0215. The fraction of sp³-hybridized carbons (Fsp3) is 0.273. The van der Waals surface area contributed by atoms with Crippen molar-refractivity contribution >= 4 is 15.8 Å². The van der Waals surface area contributed by atoms with Crippen LogP contribution in [0, 0.1) is 11.8 Å². The Morgan fingerprint density at radius 2 is 1.91 bits per heavy atom. The van der Waals surface area contributed by atoms with Gasteiger partial charge in [-0.2, -0.15) is 4.39 Å². The summed E-state index contributed by atoms with van der Waals surface area (Å²) in [6, 6.07) is 8.88. The lowest BCUT2D eigenvalue weighted by Crippen LogP contribution is -2.34. The fourth-order valence-corrected chi connectivity index (χ4v) is 5.02. The Bertz CT molecular complexity index is 1340. The van der Waals surface area contributed by atoms with Crippen LogP contribution in [0.5, 0.6) is 0 Å². The van der Waals surface area contributed by atoms with Crippen molar-refractivity contribution in [3.05, 3.63) is 71.7 Å². The number of halogens is 2. The monoisotopic (exact) mass is 459 g/mol. The summed E-state index contributed by atoms with van der Waals surface area (Å²) in [5.74, 6) is -1.14. The summed E-state index contributed by atoms with van der Waals surface area (Å²) in [4.78, 5) is 10.0. The Labute approximate surface area is 185 Å². The number of sulfone groups is 1. The predicted molar refractivity (Wildman–Crippen MR) is 118 cm³/mol. The maximum Gasteiger partial charge on any atom is 0.220 e. The van der Waals surface area contributed by atoms with Gasteiger partial charge in [-0.1, -0.05) is 6.07 Å². The highest BCUT2D eigenvalue weighted by atomic mass is 32.2. The highest BCUT2D eigenvalue weighted by molar-refractivity contribution is 7.90. The molecule has 0 fully saturated rings. The summed E-state index contributed by atoms with van der Waals surface area (Å²) in [5.41, 5.74) is 6.21. The van der Waals surface area contributed by atoms with Crippen LogP contribution >= 0.6 is 0 Å². The maximum atomic E-state index is 14.7. The molecule has 32 heavy (non-hydrogen) atoms. The van der Waals surface area contributed by atoms with Crippen LogP contribution in [-0.2, 0) is 21.9 Å². The quantitative estimate of drug-likeness (QED) is 0.592. The molecule has 2 N–H and O–H groups in total. The van der Waals surface area contributed by atoms with Gasteiger partial charge >= 0.3 is 0 Å². The molecule has 168 valence electrons. The van der Waals surface area contributed by atoms with Gasteiger partial charge in [0.2, 0.25) is 5.95 Å². The van der Waals surface area contributed by atoms with E-state index in [2.05, 4.69) is 9.98 Å². The van der Waals surface area contributed by atoms with E-state index in [1.54, 1.807) is 34.8 Å². The van der Waals surface area contributed by atoms with Crippen molar-refractivity contribution in [2.75, 3.05) is 19.8 Å². The summed E-state index contributed by atoms with van der Waals surface area (Å²) < 4.78 is 55.4. The van der Waals surface area contributed by atoms with E-state index in [0.29, 0.717) is 24.2 Å². The Hall–Kier alpha value is -3.27. The molecule has 2 aromatic heterocycles. The number of guanidine groups is 1. The molecule has 10 heteroatoms. The number of aliphatic imine (C=N–C) groups is 1. The van der Waals surface area contributed by atoms with Gasteiger partial charge in [0.05, 0.1) is 6.54 Å². The third-order valence-corrected chi connectivity index (χ3v) is 6.82. The normalized spacial score (nSPS) is 18.8. The molecule has 1 aromatic carbocycles. The van der Waals surface area contributed by atoms with E-state index in [0.717, 1.165) is 6.26 Å². The van der Waals surface area contributed by atoms with Crippen LogP contribution in [0.2, 0.25) is 0 Å². The number of nitrogens with zero attached hydrogens (tertiary/aromatic N) is 4. The summed E-state index contributed by atoms with van der Waals surface area (Å²) >= 11 is 0. The van der Waals surface area contributed by atoms with Crippen molar-refractivity contribution in [1.82, 2.24) is 14.5 Å². The number of aryl methyl sites for hydroxylation is 1. The van der Waals surface area contributed by atoms with Gasteiger partial charge in [-0.25, -0.2) is 22.8 Å². The SMILES string of the molecule is CCn1cc(C2(c3ccc(F)c(-c4cccnc4F)c3)CN(C)C(N)=N2)cc1S(C)(=O)=O. The Morgan fingerprint density at radius 1 is 1.16 bits per heavy atom. The molecule has 0 radical (unpaired) electrons. The van der Waals surface area contributed by atoms with Gasteiger partial charge < -0.3 is 15.2 Å². The lowest BCUT2D eigenvalue weighted by molar-refractivity contribution is 0.431. The van der Waals surface area contributed by atoms with E-state index in [-0.39, 0.29) is 22.1 Å². The third-order valence-electron chi connectivity index (χ3n) is 5.71. The second-order valence-electron chi connectivity index (χ2n) is 7.85. The van der Waals surface area contributed by atoms with Crippen molar-refractivity contribution in [3.8, 4) is 11.1 Å². The molecule has 1 aliphatic heterocycles. The zero-order chi connectivity index (χ0) is 23.3. The van der Waals surface area contributed by atoms with Crippen LogP contribution in [0.15, 0.2) is 58.8 Å². The molecule has 1 aliphatic rings. The molecule has 3 aromatic rings. The molecular weight excluding hydrogens is 436 g/mol. The number of rotatable bonds is 5. The van der Waals surface area contributed by atoms with Gasteiger partial charge in [-0.15, -0.1) is 0 Å². The molecule has 0 saturated heterocycles. The van der Waals surface area contributed by atoms with Crippen molar-refractivity contribution < 1.29 is 17.2 Å². The molecule has 0 saturated carbocycles. The molecule has 4 rings (SSSR count). The number of pyridine rings is 1. The zero-order valence-corrected chi connectivity index (χ0v) is 18.7. The number of nitrogens with two attached hydrogens (primary N) is 1. The van der Waals surface area contributed by atoms with E-state index in [9.17, 15) is 17.2 Å². The number of likely N-dealkylation sites (N-methyl/N-ethyl adjacent to an activating group) is 1. The summed E-state index contributed by atoms with van der Waals surface area (Å²) in [7, 11) is -1.74. The van der Waals surface area contributed by atoms with Crippen LogP contribution in [0.3, 0.4) is 0 Å². The highest BCUT2D eigenvalue weighted by Gasteiger charge is 2.43. The van der Waals surface area contributed by atoms with E-state index < -0.39 is 27.1 Å². The number of hydrogen-bond donors (Lipinski definition) is 1. The summed E-state index contributed by atoms with van der Waals surface area (Å²) in [6.45, 7) is 2.57. The Morgan fingerprint density at radius 3 is 2.47 bits per heavy atom. The summed E-state index contributed by atoms with van der Waals surface area (Å²) in [5, 5.41) is 0.151.